The molecular weight excluding hydrogens is 252 g/mol. The molecule has 1 N–H and O–H groups in total. The molecular formula is C16H18N2O2. The molecule has 1 aromatic carbocycles. The lowest BCUT2D eigenvalue weighted by atomic mass is 10.1. The number of carbonyl (C=O) groups is 1. The fourth-order valence-electron chi connectivity index (χ4n) is 2.31. The van der Waals surface area contributed by atoms with E-state index in [0.717, 1.165) is 16.9 Å². The van der Waals surface area contributed by atoms with E-state index < -0.39 is 5.97 Å². The Labute approximate surface area is 118 Å². The summed E-state index contributed by atoms with van der Waals surface area (Å²) >= 11 is 0. The highest BCUT2D eigenvalue weighted by Gasteiger charge is 2.19. The summed E-state index contributed by atoms with van der Waals surface area (Å²) in [6.07, 6.45) is 0. The molecule has 2 rings (SSSR count). The van der Waals surface area contributed by atoms with Gasteiger partial charge in [-0.25, -0.2) is 4.79 Å². The van der Waals surface area contributed by atoms with Crippen LogP contribution in [0.1, 0.15) is 27.3 Å². The molecule has 0 bridgehead atoms. The summed E-state index contributed by atoms with van der Waals surface area (Å²) in [5.41, 5.74) is 4.34. The van der Waals surface area contributed by atoms with Crippen molar-refractivity contribution < 1.29 is 9.90 Å². The molecule has 0 unspecified atom stereocenters. The maximum absolute atomic E-state index is 11.5. The second-order valence-electron chi connectivity index (χ2n) is 4.95. The molecule has 4 nitrogen and oxygen atoms in total. The first-order valence-corrected chi connectivity index (χ1v) is 6.42. The summed E-state index contributed by atoms with van der Waals surface area (Å²) in [5, 5.41) is 9.42. The molecule has 0 saturated carbocycles. The van der Waals surface area contributed by atoms with E-state index in [1.165, 1.54) is 0 Å². The monoisotopic (exact) mass is 270 g/mol. The molecule has 0 aliphatic heterocycles. The van der Waals surface area contributed by atoms with Crippen molar-refractivity contribution in [3.8, 4) is 0 Å². The van der Waals surface area contributed by atoms with Gasteiger partial charge in [-0.3, -0.25) is 4.98 Å². The number of carboxylic acid groups (broad SMARTS) is 1. The number of nitrogens with zero attached hydrogens (tertiary/aromatic N) is 2. The van der Waals surface area contributed by atoms with E-state index in [9.17, 15) is 9.90 Å². The van der Waals surface area contributed by atoms with Crippen LogP contribution in [0.2, 0.25) is 0 Å². The van der Waals surface area contributed by atoms with Crippen molar-refractivity contribution in [1.29, 1.82) is 0 Å². The molecule has 0 atom stereocenters. The average Bonchev–Trinajstić information content (AvgIpc) is 2.36. The Morgan fingerprint density at radius 1 is 1.20 bits per heavy atom. The van der Waals surface area contributed by atoms with Crippen molar-refractivity contribution in [2.24, 2.45) is 0 Å². The second kappa shape index (κ2) is 5.33. The van der Waals surface area contributed by atoms with Crippen LogP contribution in [-0.2, 0) is 0 Å². The predicted molar refractivity (Wildman–Crippen MR) is 79.9 cm³/mol. The molecule has 0 aliphatic carbocycles. The molecule has 0 spiro atoms. The maximum atomic E-state index is 11.5. The fraction of sp³-hybridized carbons (Fsp3) is 0.250. The lowest BCUT2D eigenvalue weighted by Gasteiger charge is -2.23. The van der Waals surface area contributed by atoms with Crippen molar-refractivity contribution in [1.82, 2.24) is 4.98 Å². The predicted octanol–water partition coefficient (Wildman–Crippen LogP) is 3.47. The third kappa shape index (κ3) is 2.64. The van der Waals surface area contributed by atoms with Gasteiger partial charge < -0.3 is 10.0 Å². The Balaban J connectivity index is 2.59. The molecule has 1 aromatic heterocycles. The number of aryl methyl sites for hydroxylation is 3. The van der Waals surface area contributed by atoms with Crippen molar-refractivity contribution in [2.45, 2.75) is 20.8 Å². The molecule has 104 valence electrons. The van der Waals surface area contributed by atoms with Gasteiger partial charge in [0.05, 0.1) is 11.4 Å². The molecule has 2 aromatic rings. The molecule has 0 fully saturated rings. The maximum Gasteiger partial charge on any atom is 0.339 e. The minimum Gasteiger partial charge on any atom is -0.478 e. The highest BCUT2D eigenvalue weighted by Crippen LogP contribution is 2.29. The Morgan fingerprint density at radius 3 is 2.50 bits per heavy atom. The van der Waals surface area contributed by atoms with Crippen LogP contribution in [0.3, 0.4) is 0 Å². The van der Waals surface area contributed by atoms with E-state index in [4.69, 9.17) is 0 Å². The summed E-state index contributed by atoms with van der Waals surface area (Å²) in [7, 11) is 1.87. The Bertz CT molecular complexity index is 666. The summed E-state index contributed by atoms with van der Waals surface area (Å²) in [6.45, 7) is 5.61. The summed E-state index contributed by atoms with van der Waals surface area (Å²) < 4.78 is 0. The van der Waals surface area contributed by atoms with Gasteiger partial charge in [0.1, 0.15) is 5.56 Å². The second-order valence-corrected chi connectivity index (χ2v) is 4.95. The van der Waals surface area contributed by atoms with E-state index in [1.54, 1.807) is 13.0 Å². The van der Waals surface area contributed by atoms with Crippen LogP contribution in [0.4, 0.5) is 11.4 Å². The number of rotatable bonds is 3. The van der Waals surface area contributed by atoms with E-state index in [1.807, 2.05) is 50.1 Å². The smallest absolute Gasteiger partial charge is 0.339 e. The van der Waals surface area contributed by atoms with Crippen LogP contribution < -0.4 is 4.90 Å². The van der Waals surface area contributed by atoms with Crippen LogP contribution in [-0.4, -0.2) is 23.1 Å². The lowest BCUT2D eigenvalue weighted by Crippen LogP contribution is -2.16. The lowest BCUT2D eigenvalue weighted by molar-refractivity contribution is 0.0696. The topological polar surface area (TPSA) is 53.4 Å². The number of hydrogen-bond donors (Lipinski definition) is 1. The number of hydrogen-bond acceptors (Lipinski definition) is 3. The Morgan fingerprint density at radius 2 is 1.90 bits per heavy atom. The van der Waals surface area contributed by atoms with E-state index in [2.05, 4.69) is 4.98 Å². The van der Waals surface area contributed by atoms with Crippen molar-refractivity contribution in [3.63, 3.8) is 0 Å². The molecule has 0 aliphatic rings. The minimum atomic E-state index is -0.954. The van der Waals surface area contributed by atoms with E-state index in [0.29, 0.717) is 11.4 Å². The zero-order valence-electron chi connectivity index (χ0n) is 12.1. The third-order valence-corrected chi connectivity index (χ3v) is 3.27. The normalized spacial score (nSPS) is 10.4. The number of benzene rings is 1. The first-order chi connectivity index (χ1) is 9.40. The van der Waals surface area contributed by atoms with Gasteiger partial charge in [-0.2, -0.15) is 0 Å². The average molecular weight is 270 g/mol. The number of aromatic nitrogens is 1. The van der Waals surface area contributed by atoms with Crippen LogP contribution in [0.5, 0.6) is 0 Å². The standard InChI is InChI=1S/C16H18N2O2/c1-10-6-5-7-13(8-10)18(4)14-9-11(2)17-12(3)15(14)16(19)20/h5-9H,1-4H3,(H,19,20). The van der Waals surface area contributed by atoms with Gasteiger partial charge in [0.15, 0.2) is 0 Å². The molecule has 4 heteroatoms. The summed E-state index contributed by atoms with van der Waals surface area (Å²) in [6, 6.07) is 9.76. The molecule has 1 heterocycles. The van der Waals surface area contributed by atoms with Crippen LogP contribution in [0, 0.1) is 20.8 Å². The zero-order chi connectivity index (χ0) is 14.9. The fourth-order valence-corrected chi connectivity index (χ4v) is 2.31. The van der Waals surface area contributed by atoms with Gasteiger partial charge in [0.25, 0.3) is 0 Å². The van der Waals surface area contributed by atoms with Crippen molar-refractivity contribution >= 4 is 17.3 Å². The summed E-state index contributed by atoms with van der Waals surface area (Å²) in [4.78, 5) is 17.6. The highest BCUT2D eigenvalue weighted by molar-refractivity contribution is 5.96. The Kier molecular flexibility index (Phi) is 3.74. The third-order valence-electron chi connectivity index (χ3n) is 3.27. The molecule has 0 radical (unpaired) electrons. The van der Waals surface area contributed by atoms with Gasteiger partial charge in [-0.15, -0.1) is 0 Å². The molecule has 0 amide bonds. The quantitative estimate of drug-likeness (QED) is 0.927. The Hall–Kier alpha value is -2.36. The van der Waals surface area contributed by atoms with Crippen LogP contribution >= 0.6 is 0 Å². The van der Waals surface area contributed by atoms with E-state index >= 15 is 0 Å². The minimum absolute atomic E-state index is 0.250. The first-order valence-electron chi connectivity index (χ1n) is 6.42. The molecule has 20 heavy (non-hydrogen) atoms. The number of carboxylic acids is 1. The van der Waals surface area contributed by atoms with Gasteiger partial charge in [0, 0.05) is 18.4 Å². The number of aromatic carboxylic acids is 1. The largest absolute Gasteiger partial charge is 0.478 e. The van der Waals surface area contributed by atoms with Crippen LogP contribution in [0.15, 0.2) is 30.3 Å². The number of pyridine rings is 1. The first kappa shape index (κ1) is 14.1. The summed E-state index contributed by atoms with van der Waals surface area (Å²) in [5.74, 6) is -0.954. The zero-order valence-corrected chi connectivity index (χ0v) is 12.1. The van der Waals surface area contributed by atoms with Crippen molar-refractivity contribution in [3.05, 3.63) is 52.8 Å². The van der Waals surface area contributed by atoms with Crippen molar-refractivity contribution in [2.75, 3.05) is 11.9 Å². The number of anilines is 2. The van der Waals surface area contributed by atoms with Gasteiger partial charge >= 0.3 is 5.97 Å². The van der Waals surface area contributed by atoms with Gasteiger partial charge in [-0.1, -0.05) is 12.1 Å². The SMILES string of the molecule is Cc1cccc(N(C)c2cc(C)nc(C)c2C(=O)O)c1. The van der Waals surface area contributed by atoms with Gasteiger partial charge in [-0.05, 0) is 44.5 Å². The van der Waals surface area contributed by atoms with Crippen LogP contribution in [0.25, 0.3) is 0 Å². The highest BCUT2D eigenvalue weighted by atomic mass is 16.4. The van der Waals surface area contributed by atoms with E-state index in [-0.39, 0.29) is 5.56 Å². The molecule has 0 saturated heterocycles. The van der Waals surface area contributed by atoms with Gasteiger partial charge in [0.2, 0.25) is 0 Å².